The maximum absolute atomic E-state index is 6.13. The molecule has 1 aliphatic rings. The quantitative estimate of drug-likeness (QED) is 0.675. The predicted molar refractivity (Wildman–Crippen MR) is 97.0 cm³/mol. The Labute approximate surface area is 142 Å². The van der Waals surface area contributed by atoms with Gasteiger partial charge in [-0.3, -0.25) is 4.90 Å². The number of hydrogen-bond acceptors (Lipinski definition) is 1. The second kappa shape index (κ2) is 6.03. The number of benzene rings is 2. The van der Waals surface area contributed by atoms with Crippen LogP contribution >= 0.6 is 11.6 Å². The van der Waals surface area contributed by atoms with Gasteiger partial charge in [0.15, 0.2) is 0 Å². The van der Waals surface area contributed by atoms with Crippen molar-refractivity contribution < 1.29 is 0 Å². The summed E-state index contributed by atoms with van der Waals surface area (Å²) < 4.78 is 2.47. The highest BCUT2D eigenvalue weighted by atomic mass is 35.5. The van der Waals surface area contributed by atoms with Gasteiger partial charge in [-0.15, -0.1) is 0 Å². The fourth-order valence-corrected chi connectivity index (χ4v) is 3.88. The van der Waals surface area contributed by atoms with Crippen LogP contribution in [0.3, 0.4) is 0 Å². The van der Waals surface area contributed by atoms with E-state index in [4.69, 9.17) is 11.6 Å². The normalized spacial score (nSPS) is 17.6. The highest BCUT2D eigenvalue weighted by molar-refractivity contribution is 6.31. The Bertz CT molecular complexity index is 822. The third-order valence-corrected chi connectivity index (χ3v) is 5.21. The Morgan fingerprint density at radius 2 is 1.96 bits per heavy atom. The number of fused-ring (bicyclic) bond motifs is 3. The Balaban J connectivity index is 1.57. The molecule has 2 nitrogen and oxygen atoms in total. The van der Waals surface area contributed by atoms with E-state index in [1.165, 1.54) is 28.6 Å². The third-order valence-electron chi connectivity index (χ3n) is 4.97. The highest BCUT2D eigenvalue weighted by Crippen LogP contribution is 2.29. The molecule has 3 aromatic rings. The highest BCUT2D eigenvalue weighted by Gasteiger charge is 2.23. The number of aryl methyl sites for hydroxylation is 1. The Hall–Kier alpha value is -1.77. The Morgan fingerprint density at radius 3 is 2.78 bits per heavy atom. The molecule has 0 aliphatic carbocycles. The topological polar surface area (TPSA) is 8.17 Å². The van der Waals surface area contributed by atoms with Crippen LogP contribution in [0.2, 0.25) is 5.02 Å². The van der Waals surface area contributed by atoms with E-state index in [0.29, 0.717) is 6.04 Å². The summed E-state index contributed by atoms with van der Waals surface area (Å²) in [5, 5.41) is 2.08. The molecule has 3 heteroatoms. The van der Waals surface area contributed by atoms with E-state index in [0.717, 1.165) is 24.5 Å². The molecule has 1 atom stereocenters. The van der Waals surface area contributed by atoms with Crippen LogP contribution in [0.15, 0.2) is 54.6 Å². The zero-order valence-corrected chi connectivity index (χ0v) is 14.1. The van der Waals surface area contributed by atoms with Crippen LogP contribution in [-0.2, 0) is 19.5 Å². The largest absolute Gasteiger partial charge is 0.343 e. The van der Waals surface area contributed by atoms with Crippen LogP contribution in [0.1, 0.15) is 17.7 Å². The fraction of sp³-hybridized carbons (Fsp3) is 0.300. The molecular formula is C20H21ClN2. The van der Waals surface area contributed by atoms with Gasteiger partial charge in [0.25, 0.3) is 0 Å². The van der Waals surface area contributed by atoms with Gasteiger partial charge < -0.3 is 4.57 Å². The van der Waals surface area contributed by atoms with Crippen LogP contribution < -0.4 is 0 Å². The molecule has 0 spiro atoms. The molecule has 23 heavy (non-hydrogen) atoms. The van der Waals surface area contributed by atoms with E-state index in [9.17, 15) is 0 Å². The first-order valence-electron chi connectivity index (χ1n) is 8.22. The van der Waals surface area contributed by atoms with Gasteiger partial charge in [-0.05, 0) is 49.7 Å². The SMILES string of the molecule is CN(Cc1ccccc1)C1CCc2cc3cc(Cl)ccc3n2C1. The van der Waals surface area contributed by atoms with Crippen LogP contribution in [0, 0.1) is 0 Å². The second-order valence-corrected chi connectivity index (χ2v) is 6.98. The molecule has 0 fully saturated rings. The minimum atomic E-state index is 0.578. The van der Waals surface area contributed by atoms with E-state index in [-0.39, 0.29) is 0 Å². The van der Waals surface area contributed by atoms with Gasteiger partial charge in [-0.2, -0.15) is 0 Å². The molecule has 118 valence electrons. The summed E-state index contributed by atoms with van der Waals surface area (Å²) in [5.41, 5.74) is 4.12. The van der Waals surface area contributed by atoms with Crippen molar-refractivity contribution in [3.63, 3.8) is 0 Å². The van der Waals surface area contributed by atoms with Crippen LogP contribution in [0.5, 0.6) is 0 Å². The number of aromatic nitrogens is 1. The van der Waals surface area contributed by atoms with E-state index >= 15 is 0 Å². The Morgan fingerprint density at radius 1 is 1.13 bits per heavy atom. The maximum atomic E-state index is 6.13. The minimum Gasteiger partial charge on any atom is -0.343 e. The zero-order chi connectivity index (χ0) is 15.8. The summed E-state index contributed by atoms with van der Waals surface area (Å²) in [6.45, 7) is 2.07. The van der Waals surface area contributed by atoms with Crippen molar-refractivity contribution >= 4 is 22.5 Å². The molecule has 1 unspecified atom stereocenters. The summed E-state index contributed by atoms with van der Waals surface area (Å²) >= 11 is 6.13. The molecule has 0 bridgehead atoms. The number of hydrogen-bond donors (Lipinski definition) is 0. The molecule has 1 aliphatic heterocycles. The molecular weight excluding hydrogens is 304 g/mol. The number of rotatable bonds is 3. The van der Waals surface area contributed by atoms with Crippen LogP contribution in [0.25, 0.3) is 10.9 Å². The van der Waals surface area contributed by atoms with Gasteiger partial charge in [-0.1, -0.05) is 41.9 Å². The van der Waals surface area contributed by atoms with Crippen molar-refractivity contribution in [1.82, 2.24) is 9.47 Å². The van der Waals surface area contributed by atoms with Crippen molar-refractivity contribution in [2.45, 2.75) is 32.0 Å². The van der Waals surface area contributed by atoms with Crippen molar-refractivity contribution in [3.05, 3.63) is 70.9 Å². The van der Waals surface area contributed by atoms with Crippen molar-refractivity contribution in [2.75, 3.05) is 7.05 Å². The van der Waals surface area contributed by atoms with Crippen molar-refractivity contribution in [2.24, 2.45) is 0 Å². The first-order valence-corrected chi connectivity index (χ1v) is 8.60. The van der Waals surface area contributed by atoms with Gasteiger partial charge in [0.1, 0.15) is 0 Å². The van der Waals surface area contributed by atoms with Gasteiger partial charge >= 0.3 is 0 Å². The average molecular weight is 325 g/mol. The summed E-state index contributed by atoms with van der Waals surface area (Å²) in [6.07, 6.45) is 2.35. The molecule has 2 aromatic carbocycles. The predicted octanol–water partition coefficient (Wildman–Crippen LogP) is 4.74. The van der Waals surface area contributed by atoms with Gasteiger partial charge in [0.2, 0.25) is 0 Å². The smallest absolute Gasteiger partial charge is 0.0484 e. The second-order valence-electron chi connectivity index (χ2n) is 6.54. The lowest BCUT2D eigenvalue weighted by molar-refractivity contribution is 0.188. The fourth-order valence-electron chi connectivity index (χ4n) is 3.70. The van der Waals surface area contributed by atoms with Crippen LogP contribution in [0.4, 0.5) is 0 Å². The number of likely N-dealkylation sites (N-methyl/N-ethyl adjacent to an activating group) is 1. The summed E-state index contributed by atoms with van der Waals surface area (Å²) in [7, 11) is 2.24. The van der Waals surface area contributed by atoms with E-state index in [2.05, 4.69) is 65.0 Å². The lowest BCUT2D eigenvalue weighted by Crippen LogP contribution is -2.38. The monoisotopic (exact) mass is 324 g/mol. The molecule has 4 rings (SSSR count). The summed E-state index contributed by atoms with van der Waals surface area (Å²) in [4.78, 5) is 2.49. The Kier molecular flexibility index (Phi) is 3.88. The van der Waals surface area contributed by atoms with E-state index in [1.54, 1.807) is 0 Å². The van der Waals surface area contributed by atoms with Gasteiger partial charge in [0, 0.05) is 40.8 Å². The molecule has 0 radical (unpaired) electrons. The lowest BCUT2D eigenvalue weighted by Gasteiger charge is -2.33. The van der Waals surface area contributed by atoms with Crippen molar-refractivity contribution in [3.8, 4) is 0 Å². The first-order chi connectivity index (χ1) is 11.2. The van der Waals surface area contributed by atoms with Gasteiger partial charge in [-0.25, -0.2) is 0 Å². The maximum Gasteiger partial charge on any atom is 0.0484 e. The van der Waals surface area contributed by atoms with E-state index < -0.39 is 0 Å². The van der Waals surface area contributed by atoms with Crippen LogP contribution in [-0.4, -0.2) is 22.6 Å². The molecule has 0 saturated carbocycles. The van der Waals surface area contributed by atoms with Crippen molar-refractivity contribution in [1.29, 1.82) is 0 Å². The summed E-state index contributed by atoms with van der Waals surface area (Å²) in [5.74, 6) is 0. The van der Waals surface area contributed by atoms with Gasteiger partial charge in [0.05, 0.1) is 0 Å². The number of nitrogens with zero attached hydrogens (tertiary/aromatic N) is 2. The lowest BCUT2D eigenvalue weighted by atomic mass is 10.0. The average Bonchev–Trinajstić information content (AvgIpc) is 2.92. The standard InChI is InChI=1S/C20H21ClN2/c1-22(13-15-5-3-2-4-6-15)19-9-8-18-12-16-11-17(21)7-10-20(16)23(18)14-19/h2-7,10-12,19H,8-9,13-14H2,1H3. The third kappa shape index (κ3) is 2.89. The minimum absolute atomic E-state index is 0.578. The first kappa shape index (κ1) is 14.8. The zero-order valence-electron chi connectivity index (χ0n) is 13.4. The van der Waals surface area contributed by atoms with E-state index in [1.807, 2.05) is 6.07 Å². The molecule has 0 saturated heterocycles. The molecule has 2 heterocycles. The molecule has 1 aromatic heterocycles. The summed E-state index contributed by atoms with van der Waals surface area (Å²) in [6, 6.07) is 19.8. The molecule has 0 N–H and O–H groups in total. The molecule has 0 amide bonds. The number of halogens is 1.